The lowest BCUT2D eigenvalue weighted by Gasteiger charge is -1.86. The van der Waals surface area contributed by atoms with E-state index in [1.54, 1.807) is 0 Å². The molecule has 0 saturated carbocycles. The fourth-order valence-corrected chi connectivity index (χ4v) is 0.427. The van der Waals surface area contributed by atoms with Crippen molar-refractivity contribution in [2.75, 3.05) is 0 Å². The van der Waals surface area contributed by atoms with Gasteiger partial charge in [0.15, 0.2) is 0 Å². The molecule has 0 heterocycles. The molecule has 0 aliphatic carbocycles. The molecule has 0 aliphatic rings. The van der Waals surface area contributed by atoms with Crippen molar-refractivity contribution in [3.05, 3.63) is 6.92 Å². The summed E-state index contributed by atoms with van der Waals surface area (Å²) in [6, 6.07) is 0. The summed E-state index contributed by atoms with van der Waals surface area (Å²) in [7, 11) is 14.8. The SMILES string of the molecule is [CH2]CCCCC.[Cl][Al]([Cl])[Cl]. The van der Waals surface area contributed by atoms with Gasteiger partial charge < -0.3 is 0 Å². The van der Waals surface area contributed by atoms with Gasteiger partial charge in [-0.15, -0.1) is 0 Å². The van der Waals surface area contributed by atoms with E-state index in [1.165, 1.54) is 19.3 Å². The second-order valence-electron chi connectivity index (χ2n) is 1.81. The van der Waals surface area contributed by atoms with Crippen molar-refractivity contribution in [2.24, 2.45) is 0 Å². The van der Waals surface area contributed by atoms with Crippen LogP contribution in [0, 0.1) is 6.92 Å². The van der Waals surface area contributed by atoms with Crippen molar-refractivity contribution in [3.8, 4) is 0 Å². The van der Waals surface area contributed by atoms with Crippen LogP contribution in [-0.4, -0.2) is 11.4 Å². The second-order valence-corrected chi connectivity index (χ2v) is 8.24. The summed E-state index contributed by atoms with van der Waals surface area (Å²) in [4.78, 5) is 0. The molecule has 0 unspecified atom stereocenters. The minimum absolute atomic E-state index is 1.10. The predicted molar refractivity (Wildman–Crippen MR) is 52.8 cm³/mol. The first kappa shape index (κ1) is 14.0. The number of unbranched alkanes of at least 4 members (excludes halogenated alkanes) is 3. The Labute approximate surface area is 80.8 Å². The van der Waals surface area contributed by atoms with Crippen LogP contribution in [0.1, 0.15) is 32.6 Å². The molecule has 0 fully saturated rings. The van der Waals surface area contributed by atoms with Gasteiger partial charge in [-0.3, -0.25) is 0 Å². The summed E-state index contributed by atoms with van der Waals surface area (Å²) >= 11 is -1.72. The lowest BCUT2D eigenvalue weighted by atomic mass is 10.2. The maximum atomic E-state index is 4.94. The zero-order valence-corrected chi connectivity index (χ0v) is 9.67. The Hall–Kier alpha value is 1.40. The third-order valence-electron chi connectivity index (χ3n) is 0.854. The molecule has 0 atom stereocenters. The fraction of sp³-hybridized carbons (Fsp3) is 0.833. The summed E-state index contributed by atoms with van der Waals surface area (Å²) < 4.78 is 0. The first-order valence-electron chi connectivity index (χ1n) is 3.36. The molecular formula is C6H13AlCl3. The van der Waals surface area contributed by atoms with E-state index in [-0.39, 0.29) is 0 Å². The van der Waals surface area contributed by atoms with Gasteiger partial charge in [0.1, 0.15) is 0 Å². The molecule has 4 heteroatoms. The highest BCUT2D eigenvalue weighted by Crippen LogP contribution is 1.97. The number of hydrogen-bond acceptors (Lipinski definition) is 0. The van der Waals surface area contributed by atoms with Crippen LogP contribution in [0.15, 0.2) is 0 Å². The maximum Gasteiger partial charge on any atom is 0.643 e. The van der Waals surface area contributed by atoms with Crippen LogP contribution in [0.2, 0.25) is 0 Å². The lowest BCUT2D eigenvalue weighted by molar-refractivity contribution is 0.728. The van der Waals surface area contributed by atoms with E-state index < -0.39 is 11.4 Å². The molecular weight excluding hydrogens is 205 g/mol. The average Bonchev–Trinajstić information content (AvgIpc) is 1.82. The van der Waals surface area contributed by atoms with Crippen molar-refractivity contribution in [1.29, 1.82) is 0 Å². The molecule has 0 amide bonds. The molecule has 0 aliphatic heterocycles. The molecule has 61 valence electrons. The molecule has 0 nitrogen and oxygen atoms in total. The highest BCUT2D eigenvalue weighted by Gasteiger charge is 2.00. The van der Waals surface area contributed by atoms with Crippen LogP contribution < -0.4 is 0 Å². The normalized spacial score (nSPS) is 8.10. The summed E-state index contributed by atoms with van der Waals surface area (Å²) in [5, 5.41) is 0. The minimum atomic E-state index is -1.72. The third kappa shape index (κ3) is 34.3. The first-order valence-corrected chi connectivity index (χ1v) is 8.60. The van der Waals surface area contributed by atoms with Gasteiger partial charge in [-0.2, -0.15) is 0 Å². The van der Waals surface area contributed by atoms with Crippen LogP contribution in [0.4, 0.5) is 0 Å². The minimum Gasteiger partial charge on any atom is -0.214 e. The first-order chi connectivity index (χ1) is 4.65. The molecule has 10 heavy (non-hydrogen) atoms. The van der Waals surface area contributed by atoms with Crippen molar-refractivity contribution in [2.45, 2.75) is 32.6 Å². The zero-order valence-electron chi connectivity index (χ0n) is 6.25. The van der Waals surface area contributed by atoms with Crippen LogP contribution in [0.25, 0.3) is 0 Å². The van der Waals surface area contributed by atoms with E-state index in [0.717, 1.165) is 6.42 Å². The molecule has 0 spiro atoms. The highest BCUT2D eigenvalue weighted by molar-refractivity contribution is 7.54. The largest absolute Gasteiger partial charge is 0.643 e. The Morgan fingerprint density at radius 2 is 1.60 bits per heavy atom. The molecule has 0 aromatic heterocycles. The summed E-state index contributed by atoms with van der Waals surface area (Å²) in [6.45, 7) is 5.93. The van der Waals surface area contributed by atoms with Crippen LogP contribution in [0.5, 0.6) is 0 Å². The van der Waals surface area contributed by atoms with Crippen molar-refractivity contribution < 1.29 is 0 Å². The van der Waals surface area contributed by atoms with E-state index in [2.05, 4.69) is 13.8 Å². The monoisotopic (exact) mass is 217 g/mol. The molecule has 0 aromatic carbocycles. The highest BCUT2D eigenvalue weighted by atomic mass is 35.8. The number of rotatable bonds is 3. The van der Waals surface area contributed by atoms with Crippen molar-refractivity contribution in [3.63, 3.8) is 0 Å². The maximum absolute atomic E-state index is 4.94. The van der Waals surface area contributed by atoms with Gasteiger partial charge in [-0.1, -0.05) is 39.5 Å². The van der Waals surface area contributed by atoms with Gasteiger partial charge in [0.25, 0.3) is 0 Å². The fourth-order valence-electron chi connectivity index (χ4n) is 0.427. The molecule has 0 N–H and O–H groups in total. The topological polar surface area (TPSA) is 0 Å². The van der Waals surface area contributed by atoms with Gasteiger partial charge in [-0.25, -0.2) is 30.1 Å². The number of halogens is 3. The van der Waals surface area contributed by atoms with Crippen LogP contribution >= 0.6 is 30.1 Å². The lowest BCUT2D eigenvalue weighted by Crippen LogP contribution is -1.66. The predicted octanol–water partition coefficient (Wildman–Crippen LogP) is 4.09. The van der Waals surface area contributed by atoms with E-state index in [4.69, 9.17) is 30.1 Å². The number of hydrogen-bond donors (Lipinski definition) is 0. The second kappa shape index (κ2) is 13.0. The van der Waals surface area contributed by atoms with Crippen molar-refractivity contribution in [1.82, 2.24) is 0 Å². The molecule has 1 radical (unpaired) electrons. The van der Waals surface area contributed by atoms with Gasteiger partial charge >= 0.3 is 11.4 Å². The quantitative estimate of drug-likeness (QED) is 0.494. The molecule has 0 bridgehead atoms. The average molecular weight is 219 g/mol. The Kier molecular flexibility index (Phi) is 18.2. The molecule has 0 saturated heterocycles. The summed E-state index contributed by atoms with van der Waals surface area (Å²) in [5.74, 6) is 0. The molecule has 0 rings (SSSR count). The van der Waals surface area contributed by atoms with Gasteiger partial charge in [0, 0.05) is 0 Å². The van der Waals surface area contributed by atoms with E-state index in [0.29, 0.717) is 0 Å². The molecule has 0 aromatic rings. The van der Waals surface area contributed by atoms with E-state index in [9.17, 15) is 0 Å². The Morgan fingerprint density at radius 1 is 1.20 bits per heavy atom. The van der Waals surface area contributed by atoms with Crippen LogP contribution in [-0.2, 0) is 0 Å². The third-order valence-corrected chi connectivity index (χ3v) is 0.854. The van der Waals surface area contributed by atoms with Crippen molar-refractivity contribution >= 4 is 41.5 Å². The summed E-state index contributed by atoms with van der Waals surface area (Å²) in [6.07, 6.45) is 5.07. The Morgan fingerprint density at radius 3 is 1.70 bits per heavy atom. The van der Waals surface area contributed by atoms with Crippen LogP contribution in [0.3, 0.4) is 0 Å². The van der Waals surface area contributed by atoms with E-state index >= 15 is 0 Å². The summed E-state index contributed by atoms with van der Waals surface area (Å²) in [5.41, 5.74) is 0. The Bertz CT molecular complexity index is 43.5. The zero-order chi connectivity index (χ0) is 8.41. The Balaban J connectivity index is 0. The standard InChI is InChI=1S/C6H13.Al.3ClH/c1-3-5-6-4-2;;;;/h1,3-6H2,2H3;;3*1H/q;+3;;;/p-3. The van der Waals surface area contributed by atoms with E-state index in [1.807, 2.05) is 0 Å². The van der Waals surface area contributed by atoms with Gasteiger partial charge in [0.05, 0.1) is 0 Å². The van der Waals surface area contributed by atoms with Gasteiger partial charge in [0.2, 0.25) is 0 Å². The van der Waals surface area contributed by atoms with Gasteiger partial charge in [-0.05, 0) is 0 Å². The smallest absolute Gasteiger partial charge is 0.214 e.